The Morgan fingerprint density at radius 1 is 1.50 bits per heavy atom. The second kappa shape index (κ2) is 7.59. The summed E-state index contributed by atoms with van der Waals surface area (Å²) < 4.78 is 6.69. The van der Waals surface area contributed by atoms with Crippen molar-refractivity contribution in [3.63, 3.8) is 0 Å². The van der Waals surface area contributed by atoms with Gasteiger partial charge in [0, 0.05) is 30.6 Å². The Morgan fingerprint density at radius 3 is 3.08 bits per heavy atom. The molecule has 2 N–H and O–H groups in total. The van der Waals surface area contributed by atoms with Gasteiger partial charge in [-0.1, -0.05) is 6.07 Å². The number of methoxy groups -OCH3 is 1. The van der Waals surface area contributed by atoms with Crippen molar-refractivity contribution in [2.24, 2.45) is 0 Å². The highest BCUT2D eigenvalue weighted by Gasteiger charge is 2.26. The van der Waals surface area contributed by atoms with E-state index in [1.807, 2.05) is 17.5 Å². The number of nitrogens with one attached hydrogen (secondary N) is 2. The van der Waals surface area contributed by atoms with Gasteiger partial charge in [0.1, 0.15) is 5.69 Å². The summed E-state index contributed by atoms with van der Waals surface area (Å²) >= 11 is 1.58. The number of hydrogen-bond donors (Lipinski definition) is 2. The molecule has 2 aromatic rings. The van der Waals surface area contributed by atoms with Crippen LogP contribution in [-0.4, -0.2) is 47.9 Å². The van der Waals surface area contributed by atoms with E-state index in [4.69, 9.17) is 4.74 Å². The highest BCUT2D eigenvalue weighted by molar-refractivity contribution is 7.10. The summed E-state index contributed by atoms with van der Waals surface area (Å²) in [7, 11) is 1.59. The highest BCUT2D eigenvalue weighted by atomic mass is 32.1. The Kier molecular flexibility index (Phi) is 5.27. The van der Waals surface area contributed by atoms with Crippen molar-refractivity contribution in [2.75, 3.05) is 20.3 Å². The standard InChI is InChI=1S/C16H20N4O3S/c1-23-5-4-17-16(22)14-8-12-7-11(10-20(12)19-14)18-15(21)9-13-3-2-6-24-13/h2-3,6,8,11H,4-5,7,9-10H2,1H3,(H,17,22)(H,18,21)/t11-/m0/s1. The molecular formula is C16H20N4O3S. The molecule has 2 aromatic heterocycles. The third-order valence-corrected chi connectivity index (χ3v) is 4.69. The zero-order valence-electron chi connectivity index (χ0n) is 13.4. The molecule has 0 unspecified atom stereocenters. The maximum absolute atomic E-state index is 12.1. The third-order valence-electron chi connectivity index (χ3n) is 3.82. The number of amides is 2. The zero-order chi connectivity index (χ0) is 16.9. The summed E-state index contributed by atoms with van der Waals surface area (Å²) in [6.07, 6.45) is 1.10. The molecule has 1 aliphatic heterocycles. The molecule has 0 saturated heterocycles. The molecule has 3 rings (SSSR count). The van der Waals surface area contributed by atoms with Crippen LogP contribution in [0.4, 0.5) is 0 Å². The number of ether oxygens (including phenoxy) is 1. The van der Waals surface area contributed by atoms with Crippen molar-refractivity contribution in [1.82, 2.24) is 20.4 Å². The first-order chi connectivity index (χ1) is 11.7. The molecule has 0 saturated carbocycles. The van der Waals surface area contributed by atoms with Gasteiger partial charge in [0.15, 0.2) is 0 Å². The minimum atomic E-state index is -0.202. The van der Waals surface area contributed by atoms with E-state index in [0.717, 1.165) is 10.6 Å². The summed E-state index contributed by atoms with van der Waals surface area (Å²) in [6.45, 7) is 1.52. The van der Waals surface area contributed by atoms with Gasteiger partial charge in [-0.05, 0) is 17.5 Å². The molecule has 0 spiro atoms. The number of hydrogen-bond acceptors (Lipinski definition) is 5. The smallest absolute Gasteiger partial charge is 0.271 e. The van der Waals surface area contributed by atoms with Crippen molar-refractivity contribution in [3.05, 3.63) is 39.8 Å². The maximum atomic E-state index is 12.1. The number of carbonyl (C=O) groups is 2. The van der Waals surface area contributed by atoms with Crippen molar-refractivity contribution in [2.45, 2.75) is 25.4 Å². The van der Waals surface area contributed by atoms with E-state index in [9.17, 15) is 9.59 Å². The third kappa shape index (κ3) is 4.01. The molecular weight excluding hydrogens is 328 g/mol. The van der Waals surface area contributed by atoms with E-state index in [2.05, 4.69) is 15.7 Å². The lowest BCUT2D eigenvalue weighted by Crippen LogP contribution is -2.37. The quantitative estimate of drug-likeness (QED) is 0.718. The number of rotatable bonds is 7. The lowest BCUT2D eigenvalue weighted by molar-refractivity contribution is -0.121. The summed E-state index contributed by atoms with van der Waals surface area (Å²) in [6, 6.07) is 5.72. The predicted octanol–water partition coefficient (Wildman–Crippen LogP) is 0.604. The Balaban J connectivity index is 1.50. The van der Waals surface area contributed by atoms with E-state index >= 15 is 0 Å². The second-order valence-electron chi connectivity index (χ2n) is 5.68. The number of fused-ring (bicyclic) bond motifs is 1. The average molecular weight is 348 g/mol. The predicted molar refractivity (Wildman–Crippen MR) is 90.1 cm³/mol. The lowest BCUT2D eigenvalue weighted by atomic mass is 10.2. The van der Waals surface area contributed by atoms with Crippen molar-refractivity contribution in [1.29, 1.82) is 0 Å². The van der Waals surface area contributed by atoms with Crippen molar-refractivity contribution >= 4 is 23.2 Å². The molecule has 0 aliphatic carbocycles. The number of thiophene rings is 1. The lowest BCUT2D eigenvalue weighted by Gasteiger charge is -2.11. The van der Waals surface area contributed by atoms with Crippen molar-refractivity contribution in [3.8, 4) is 0 Å². The Bertz CT molecular complexity index is 687. The molecule has 0 aromatic carbocycles. The van der Waals surface area contributed by atoms with Crippen LogP contribution in [-0.2, 0) is 28.9 Å². The number of nitrogens with zero attached hydrogens (tertiary/aromatic N) is 2. The Labute approximate surface area is 144 Å². The van der Waals surface area contributed by atoms with Crippen LogP contribution < -0.4 is 10.6 Å². The van der Waals surface area contributed by atoms with Crippen LogP contribution in [0.1, 0.15) is 21.1 Å². The topological polar surface area (TPSA) is 85.2 Å². The molecule has 128 valence electrons. The SMILES string of the molecule is COCCNC(=O)c1cc2n(n1)C[C@@H](NC(=O)Cc1cccs1)C2. The number of aromatic nitrogens is 2. The fourth-order valence-corrected chi connectivity index (χ4v) is 3.42. The molecule has 24 heavy (non-hydrogen) atoms. The van der Waals surface area contributed by atoms with Gasteiger partial charge >= 0.3 is 0 Å². The summed E-state index contributed by atoms with van der Waals surface area (Å²) in [4.78, 5) is 25.1. The van der Waals surface area contributed by atoms with Crippen LogP contribution in [0.3, 0.4) is 0 Å². The largest absolute Gasteiger partial charge is 0.383 e. The minimum absolute atomic E-state index is 0.0192. The van der Waals surface area contributed by atoms with E-state index in [-0.39, 0.29) is 17.9 Å². The van der Waals surface area contributed by atoms with Crippen LogP contribution in [0.2, 0.25) is 0 Å². The summed E-state index contributed by atoms with van der Waals surface area (Å²) in [5, 5.41) is 12.1. The number of carbonyl (C=O) groups excluding carboxylic acids is 2. The minimum Gasteiger partial charge on any atom is -0.383 e. The molecule has 1 atom stereocenters. The first kappa shape index (κ1) is 16.7. The van der Waals surface area contributed by atoms with Crippen LogP contribution in [0.5, 0.6) is 0 Å². The second-order valence-corrected chi connectivity index (χ2v) is 6.71. The summed E-state index contributed by atoms with van der Waals surface area (Å²) in [5.74, 6) is -0.182. The van der Waals surface area contributed by atoms with Gasteiger partial charge in [0.2, 0.25) is 5.91 Å². The normalized spacial score (nSPS) is 16.0. The maximum Gasteiger partial charge on any atom is 0.271 e. The van der Waals surface area contributed by atoms with Crippen LogP contribution in [0.15, 0.2) is 23.6 Å². The first-order valence-electron chi connectivity index (χ1n) is 7.81. The molecule has 0 fully saturated rings. The van der Waals surface area contributed by atoms with Crippen LogP contribution in [0, 0.1) is 0 Å². The molecule has 3 heterocycles. The molecule has 1 aliphatic rings. The fourth-order valence-electron chi connectivity index (χ4n) is 2.72. The van der Waals surface area contributed by atoms with Gasteiger partial charge < -0.3 is 15.4 Å². The molecule has 7 nitrogen and oxygen atoms in total. The Morgan fingerprint density at radius 2 is 2.38 bits per heavy atom. The molecule has 0 bridgehead atoms. The summed E-state index contributed by atoms with van der Waals surface area (Å²) in [5.41, 5.74) is 1.37. The molecule has 0 radical (unpaired) electrons. The monoisotopic (exact) mass is 348 g/mol. The Hall–Kier alpha value is -2.19. The fraction of sp³-hybridized carbons (Fsp3) is 0.438. The van der Waals surface area contributed by atoms with Gasteiger partial charge in [0.25, 0.3) is 5.91 Å². The van der Waals surface area contributed by atoms with Crippen LogP contribution >= 0.6 is 11.3 Å². The highest BCUT2D eigenvalue weighted by Crippen LogP contribution is 2.17. The van der Waals surface area contributed by atoms with Gasteiger partial charge in [-0.3, -0.25) is 14.3 Å². The van der Waals surface area contributed by atoms with Crippen molar-refractivity contribution < 1.29 is 14.3 Å². The van der Waals surface area contributed by atoms with Gasteiger partial charge in [0.05, 0.1) is 25.6 Å². The van der Waals surface area contributed by atoms with E-state index in [0.29, 0.717) is 38.2 Å². The van der Waals surface area contributed by atoms with Crippen LogP contribution in [0.25, 0.3) is 0 Å². The van der Waals surface area contributed by atoms with E-state index in [1.165, 1.54) is 0 Å². The van der Waals surface area contributed by atoms with E-state index in [1.54, 1.807) is 29.2 Å². The van der Waals surface area contributed by atoms with Gasteiger partial charge in [-0.25, -0.2) is 0 Å². The molecule has 2 amide bonds. The van der Waals surface area contributed by atoms with Gasteiger partial charge in [-0.2, -0.15) is 5.10 Å². The average Bonchev–Trinajstić information content (AvgIpc) is 3.23. The van der Waals surface area contributed by atoms with E-state index < -0.39 is 0 Å². The van der Waals surface area contributed by atoms with Gasteiger partial charge in [-0.15, -0.1) is 11.3 Å². The molecule has 8 heteroatoms. The zero-order valence-corrected chi connectivity index (χ0v) is 14.3. The first-order valence-corrected chi connectivity index (χ1v) is 8.69.